The Bertz CT molecular complexity index is 1040. The van der Waals surface area contributed by atoms with Crippen molar-refractivity contribution in [3.8, 4) is 0 Å². The largest absolute Gasteiger partial charge is 0.264 e. The number of benzene rings is 3. The molecular formula is C20H16ClF2NO2S. The molecule has 3 rings (SSSR count). The summed E-state index contributed by atoms with van der Waals surface area (Å²) in [6.45, 7) is 1.58. The van der Waals surface area contributed by atoms with Gasteiger partial charge < -0.3 is 0 Å². The molecule has 0 saturated heterocycles. The van der Waals surface area contributed by atoms with Crippen LogP contribution >= 0.6 is 11.6 Å². The number of sulfonamides is 1. The Labute approximate surface area is 161 Å². The van der Waals surface area contributed by atoms with Crippen molar-refractivity contribution in [3.05, 3.63) is 95.0 Å². The lowest BCUT2D eigenvalue weighted by atomic mass is 10.1. The normalized spacial score (nSPS) is 12.6. The van der Waals surface area contributed by atoms with Gasteiger partial charge in [-0.25, -0.2) is 17.2 Å². The van der Waals surface area contributed by atoms with Gasteiger partial charge in [0.15, 0.2) is 0 Å². The average Bonchev–Trinajstić information content (AvgIpc) is 2.64. The van der Waals surface area contributed by atoms with Crippen LogP contribution in [0, 0.1) is 11.6 Å². The van der Waals surface area contributed by atoms with Gasteiger partial charge in [0.25, 0.3) is 10.0 Å². The van der Waals surface area contributed by atoms with Gasteiger partial charge in [-0.15, -0.1) is 0 Å². The average molecular weight is 408 g/mol. The monoisotopic (exact) mass is 407 g/mol. The molecule has 0 aliphatic carbocycles. The van der Waals surface area contributed by atoms with Crippen molar-refractivity contribution < 1.29 is 17.2 Å². The van der Waals surface area contributed by atoms with Gasteiger partial charge in [-0.05, 0) is 61.5 Å². The topological polar surface area (TPSA) is 37.4 Å². The molecule has 0 saturated carbocycles. The van der Waals surface area contributed by atoms with Crippen LogP contribution in [-0.2, 0) is 10.0 Å². The zero-order valence-electron chi connectivity index (χ0n) is 14.3. The molecule has 0 fully saturated rings. The molecule has 0 heterocycles. The number of rotatable bonds is 5. The van der Waals surface area contributed by atoms with Crippen LogP contribution in [0.25, 0.3) is 0 Å². The molecule has 1 unspecified atom stereocenters. The second kappa shape index (κ2) is 7.66. The van der Waals surface area contributed by atoms with Crippen LogP contribution in [0.15, 0.2) is 77.7 Å². The van der Waals surface area contributed by atoms with Crippen molar-refractivity contribution in [2.45, 2.75) is 17.9 Å². The lowest BCUT2D eigenvalue weighted by Crippen LogP contribution is -2.34. The molecule has 0 spiro atoms. The summed E-state index contributed by atoms with van der Waals surface area (Å²) >= 11 is 5.86. The second-order valence-electron chi connectivity index (χ2n) is 5.93. The van der Waals surface area contributed by atoms with Gasteiger partial charge in [0.1, 0.15) is 11.6 Å². The first-order chi connectivity index (χ1) is 12.8. The van der Waals surface area contributed by atoms with E-state index in [2.05, 4.69) is 0 Å². The third kappa shape index (κ3) is 3.96. The van der Waals surface area contributed by atoms with Gasteiger partial charge in [-0.1, -0.05) is 29.8 Å². The molecule has 7 heteroatoms. The van der Waals surface area contributed by atoms with E-state index < -0.39 is 27.7 Å². The van der Waals surface area contributed by atoms with Crippen molar-refractivity contribution in [2.75, 3.05) is 4.31 Å². The lowest BCUT2D eigenvalue weighted by molar-refractivity contribution is 0.569. The molecule has 27 heavy (non-hydrogen) atoms. The molecular weight excluding hydrogens is 392 g/mol. The Balaban J connectivity index is 2.17. The Morgan fingerprint density at radius 2 is 1.48 bits per heavy atom. The maximum Gasteiger partial charge on any atom is 0.264 e. The van der Waals surface area contributed by atoms with Crippen LogP contribution in [0.2, 0.25) is 5.02 Å². The van der Waals surface area contributed by atoms with E-state index in [-0.39, 0.29) is 16.1 Å². The highest BCUT2D eigenvalue weighted by Crippen LogP contribution is 2.34. The summed E-state index contributed by atoms with van der Waals surface area (Å²) in [5.74, 6) is -1.02. The van der Waals surface area contributed by atoms with Crippen LogP contribution in [0.4, 0.5) is 14.5 Å². The summed E-state index contributed by atoms with van der Waals surface area (Å²) in [5.41, 5.74) is 0.432. The predicted octanol–water partition coefficient (Wildman–Crippen LogP) is 5.57. The molecule has 0 radical (unpaired) electrons. The maximum absolute atomic E-state index is 14.3. The quantitative estimate of drug-likeness (QED) is 0.554. The first-order valence-corrected chi connectivity index (χ1v) is 9.92. The molecule has 3 aromatic rings. The standard InChI is InChI=1S/C20H16ClF2NO2S/c1-14(19-4-2-3-5-20(19)23)24(17-10-8-16(22)9-11-17)27(25,26)18-12-6-15(21)7-13-18/h2-14H,1H3. The molecule has 0 amide bonds. The molecule has 0 N–H and O–H groups in total. The smallest absolute Gasteiger partial charge is 0.259 e. The van der Waals surface area contributed by atoms with E-state index in [1.807, 2.05) is 0 Å². The third-order valence-electron chi connectivity index (χ3n) is 4.16. The predicted molar refractivity (Wildman–Crippen MR) is 102 cm³/mol. The molecule has 140 valence electrons. The molecule has 3 aromatic carbocycles. The Hall–Kier alpha value is -2.44. The van der Waals surface area contributed by atoms with Gasteiger partial charge >= 0.3 is 0 Å². The van der Waals surface area contributed by atoms with Crippen LogP contribution in [0.1, 0.15) is 18.5 Å². The second-order valence-corrected chi connectivity index (χ2v) is 8.18. The van der Waals surface area contributed by atoms with Crippen molar-refractivity contribution in [2.24, 2.45) is 0 Å². The van der Waals surface area contributed by atoms with Crippen molar-refractivity contribution in [1.82, 2.24) is 0 Å². The highest BCUT2D eigenvalue weighted by molar-refractivity contribution is 7.92. The van der Waals surface area contributed by atoms with E-state index in [9.17, 15) is 17.2 Å². The highest BCUT2D eigenvalue weighted by Gasteiger charge is 2.31. The van der Waals surface area contributed by atoms with Crippen LogP contribution in [0.5, 0.6) is 0 Å². The van der Waals surface area contributed by atoms with Gasteiger partial charge in [-0.3, -0.25) is 4.31 Å². The van der Waals surface area contributed by atoms with Gasteiger partial charge in [0.2, 0.25) is 0 Å². The minimum absolute atomic E-state index is 0.000542. The number of hydrogen-bond donors (Lipinski definition) is 0. The van der Waals surface area contributed by atoms with Crippen LogP contribution in [0.3, 0.4) is 0 Å². The zero-order chi connectivity index (χ0) is 19.6. The third-order valence-corrected chi connectivity index (χ3v) is 6.32. The molecule has 1 atom stereocenters. The fraction of sp³-hybridized carbons (Fsp3) is 0.100. The van der Waals surface area contributed by atoms with E-state index in [1.54, 1.807) is 13.0 Å². The highest BCUT2D eigenvalue weighted by atomic mass is 35.5. The van der Waals surface area contributed by atoms with Crippen molar-refractivity contribution in [3.63, 3.8) is 0 Å². The maximum atomic E-state index is 14.3. The fourth-order valence-electron chi connectivity index (χ4n) is 2.82. The van der Waals surface area contributed by atoms with Crippen LogP contribution in [-0.4, -0.2) is 8.42 Å². The van der Waals surface area contributed by atoms with Gasteiger partial charge in [0, 0.05) is 10.6 Å². The Morgan fingerprint density at radius 3 is 2.07 bits per heavy atom. The van der Waals surface area contributed by atoms with Crippen molar-refractivity contribution >= 4 is 27.3 Å². The summed E-state index contributed by atoms with van der Waals surface area (Å²) in [7, 11) is -4.06. The Kier molecular flexibility index (Phi) is 5.48. The summed E-state index contributed by atoms with van der Waals surface area (Å²) < 4.78 is 55.4. The van der Waals surface area contributed by atoms with Gasteiger partial charge in [0.05, 0.1) is 16.6 Å². The van der Waals surface area contributed by atoms with E-state index >= 15 is 0 Å². The molecule has 0 aliphatic rings. The number of nitrogens with zero attached hydrogens (tertiary/aromatic N) is 1. The first kappa shape index (κ1) is 19.3. The summed E-state index contributed by atoms with van der Waals surface area (Å²) in [6.07, 6.45) is 0. The Morgan fingerprint density at radius 1 is 0.889 bits per heavy atom. The van der Waals surface area contributed by atoms with Crippen LogP contribution < -0.4 is 4.31 Å². The van der Waals surface area contributed by atoms with E-state index in [0.717, 1.165) is 16.4 Å². The van der Waals surface area contributed by atoms with Crippen molar-refractivity contribution in [1.29, 1.82) is 0 Å². The molecule has 0 aromatic heterocycles. The number of hydrogen-bond acceptors (Lipinski definition) is 2. The summed E-state index contributed by atoms with van der Waals surface area (Å²) in [5, 5.41) is 0.393. The zero-order valence-corrected chi connectivity index (χ0v) is 15.9. The van der Waals surface area contributed by atoms with Gasteiger partial charge in [-0.2, -0.15) is 0 Å². The molecule has 3 nitrogen and oxygen atoms in total. The number of halogens is 3. The minimum Gasteiger partial charge on any atom is -0.259 e. The van der Waals surface area contributed by atoms with E-state index in [1.165, 1.54) is 54.6 Å². The van der Waals surface area contributed by atoms with E-state index in [4.69, 9.17) is 11.6 Å². The summed E-state index contributed by atoms with van der Waals surface area (Å²) in [4.78, 5) is -0.000542. The summed E-state index contributed by atoms with van der Waals surface area (Å²) in [6, 6.07) is 15.8. The molecule has 0 bridgehead atoms. The minimum atomic E-state index is -4.06. The number of anilines is 1. The lowest BCUT2D eigenvalue weighted by Gasteiger charge is -2.31. The first-order valence-electron chi connectivity index (χ1n) is 8.10. The SMILES string of the molecule is CC(c1ccccc1F)N(c1ccc(F)cc1)S(=O)(=O)c1ccc(Cl)cc1. The van der Waals surface area contributed by atoms with E-state index in [0.29, 0.717) is 5.02 Å². The fourth-order valence-corrected chi connectivity index (χ4v) is 4.58. The molecule has 0 aliphatic heterocycles.